The predicted molar refractivity (Wildman–Crippen MR) is 97.8 cm³/mol. The van der Waals surface area contributed by atoms with Crippen molar-refractivity contribution in [2.75, 3.05) is 13.2 Å². The summed E-state index contributed by atoms with van der Waals surface area (Å²) < 4.78 is 49.1. The Labute approximate surface area is 157 Å². The van der Waals surface area contributed by atoms with E-state index in [-0.39, 0.29) is 0 Å². The monoisotopic (exact) mass is 374 g/mol. The highest BCUT2D eigenvalue weighted by Crippen LogP contribution is 2.31. The lowest BCUT2D eigenvalue weighted by Crippen LogP contribution is -2.31. The van der Waals surface area contributed by atoms with Gasteiger partial charge in [-0.2, -0.15) is 13.2 Å². The quantitative estimate of drug-likeness (QED) is 0.659. The first-order valence-corrected chi connectivity index (χ1v) is 8.98. The van der Waals surface area contributed by atoms with E-state index >= 15 is 0 Å². The fourth-order valence-corrected chi connectivity index (χ4v) is 2.94. The average molecular weight is 374 g/mol. The summed E-state index contributed by atoms with van der Waals surface area (Å²) in [6.45, 7) is 3.47. The molecule has 1 saturated heterocycles. The molecule has 27 heavy (non-hydrogen) atoms. The van der Waals surface area contributed by atoms with E-state index in [1.54, 1.807) is 0 Å². The van der Waals surface area contributed by atoms with E-state index in [0.717, 1.165) is 41.7 Å². The van der Waals surface area contributed by atoms with Crippen LogP contribution in [0.5, 0.6) is 0 Å². The third-order valence-electron chi connectivity index (χ3n) is 4.43. The zero-order valence-corrected chi connectivity index (χ0v) is 15.1. The summed E-state index contributed by atoms with van der Waals surface area (Å²) in [6, 6.07) is 12.5. The van der Waals surface area contributed by atoms with Crippen molar-refractivity contribution in [2.24, 2.45) is 5.92 Å². The third kappa shape index (κ3) is 5.35. The van der Waals surface area contributed by atoms with E-state index in [4.69, 9.17) is 9.47 Å². The fourth-order valence-electron chi connectivity index (χ4n) is 2.94. The molecule has 2 nitrogen and oxygen atoms in total. The first kappa shape index (κ1) is 19.5. The van der Waals surface area contributed by atoms with Crippen molar-refractivity contribution >= 4 is 0 Å². The summed E-state index contributed by atoms with van der Waals surface area (Å²) in [7, 11) is 0. The van der Waals surface area contributed by atoms with Crippen molar-refractivity contribution in [3.63, 3.8) is 0 Å². The molecule has 0 unspecified atom stereocenters. The molecule has 142 valence electrons. The molecule has 1 fully saturated rings. The lowest BCUT2D eigenvalue weighted by molar-refractivity contribution is -0.170. The molecule has 1 aliphatic rings. The Kier molecular flexibility index (Phi) is 6.20. The molecule has 0 N–H and O–H groups in total. The Morgan fingerprint density at radius 3 is 2.00 bits per heavy atom. The highest BCUT2D eigenvalue weighted by Gasteiger charge is 2.29. The highest BCUT2D eigenvalue weighted by atomic mass is 19.4. The maximum Gasteiger partial charge on any atom is 0.416 e. The smallest absolute Gasteiger partial charge is 0.342 e. The van der Waals surface area contributed by atoms with Crippen LogP contribution >= 0.6 is 0 Å². The zero-order chi connectivity index (χ0) is 19.3. The average Bonchev–Trinajstić information content (AvgIpc) is 2.68. The van der Waals surface area contributed by atoms with Crippen LogP contribution in [0.1, 0.15) is 30.9 Å². The van der Waals surface area contributed by atoms with E-state index in [9.17, 15) is 13.2 Å². The van der Waals surface area contributed by atoms with E-state index < -0.39 is 18.0 Å². The van der Waals surface area contributed by atoms with Crippen LogP contribution in [-0.4, -0.2) is 19.5 Å². The molecule has 0 amide bonds. The van der Waals surface area contributed by atoms with Gasteiger partial charge in [0.25, 0.3) is 0 Å². The molecule has 2 aromatic carbocycles. The van der Waals surface area contributed by atoms with Crippen molar-refractivity contribution in [1.82, 2.24) is 0 Å². The van der Waals surface area contributed by atoms with Gasteiger partial charge >= 0.3 is 6.18 Å². The number of alkyl halides is 3. The number of hydrogen-bond donors (Lipinski definition) is 0. The second kappa shape index (κ2) is 8.60. The van der Waals surface area contributed by atoms with Crippen molar-refractivity contribution < 1.29 is 22.6 Å². The fraction of sp³-hybridized carbons (Fsp3) is 0.364. The number of hydrogen-bond acceptors (Lipinski definition) is 2. The minimum atomic E-state index is -4.32. The molecule has 2 aromatic rings. The van der Waals surface area contributed by atoms with Crippen molar-refractivity contribution in [3.8, 4) is 23.0 Å². The first-order valence-electron chi connectivity index (χ1n) is 8.98. The van der Waals surface area contributed by atoms with Gasteiger partial charge < -0.3 is 9.47 Å². The van der Waals surface area contributed by atoms with Crippen molar-refractivity contribution in [1.29, 1.82) is 0 Å². The van der Waals surface area contributed by atoms with Crippen LogP contribution in [0.15, 0.2) is 48.5 Å². The minimum Gasteiger partial charge on any atom is -0.342 e. The number of rotatable bonds is 3. The van der Waals surface area contributed by atoms with Crippen LogP contribution in [-0.2, 0) is 15.7 Å². The van der Waals surface area contributed by atoms with Crippen LogP contribution in [0, 0.1) is 17.8 Å². The van der Waals surface area contributed by atoms with Gasteiger partial charge in [-0.3, -0.25) is 0 Å². The van der Waals surface area contributed by atoms with Crippen molar-refractivity contribution in [2.45, 2.75) is 32.2 Å². The summed E-state index contributed by atoms with van der Waals surface area (Å²) in [5, 5.41) is 0. The summed E-state index contributed by atoms with van der Waals surface area (Å²) in [5.74, 6) is 6.43. The Morgan fingerprint density at radius 1 is 0.926 bits per heavy atom. The topological polar surface area (TPSA) is 18.5 Å². The molecule has 1 heterocycles. The van der Waals surface area contributed by atoms with Gasteiger partial charge in [-0.1, -0.05) is 43.5 Å². The third-order valence-corrected chi connectivity index (χ3v) is 4.43. The van der Waals surface area contributed by atoms with Gasteiger partial charge in [0.1, 0.15) is 0 Å². The molecule has 0 saturated carbocycles. The molecule has 0 atom stereocenters. The minimum absolute atomic E-state index is 0.441. The maximum absolute atomic E-state index is 12.6. The van der Waals surface area contributed by atoms with E-state index in [2.05, 4.69) is 18.8 Å². The number of halogens is 3. The second-order valence-corrected chi connectivity index (χ2v) is 6.58. The zero-order valence-electron chi connectivity index (χ0n) is 15.1. The van der Waals surface area contributed by atoms with Gasteiger partial charge in [-0.25, -0.2) is 0 Å². The first-order chi connectivity index (χ1) is 13.0. The van der Waals surface area contributed by atoms with Crippen LogP contribution in [0.25, 0.3) is 11.1 Å². The van der Waals surface area contributed by atoms with Gasteiger partial charge in [-0.15, -0.1) is 0 Å². The molecule has 0 bridgehead atoms. The molecule has 0 aliphatic carbocycles. The lowest BCUT2D eigenvalue weighted by atomic mass is 10.0. The van der Waals surface area contributed by atoms with Gasteiger partial charge in [0.2, 0.25) is 6.29 Å². The maximum atomic E-state index is 12.6. The summed E-state index contributed by atoms with van der Waals surface area (Å²) >= 11 is 0. The van der Waals surface area contributed by atoms with Gasteiger partial charge in [0.05, 0.1) is 18.8 Å². The second-order valence-electron chi connectivity index (χ2n) is 6.58. The Balaban J connectivity index is 1.61. The highest BCUT2D eigenvalue weighted by molar-refractivity contribution is 5.64. The van der Waals surface area contributed by atoms with Crippen LogP contribution in [0.4, 0.5) is 13.2 Å². The van der Waals surface area contributed by atoms with E-state index in [1.807, 2.05) is 24.3 Å². The largest absolute Gasteiger partial charge is 0.416 e. The predicted octanol–water partition coefficient (Wildman–Crippen LogP) is 5.51. The summed E-state index contributed by atoms with van der Waals surface area (Å²) in [4.78, 5) is 0. The summed E-state index contributed by atoms with van der Waals surface area (Å²) in [5.41, 5.74) is 1.71. The lowest BCUT2D eigenvalue weighted by Gasteiger charge is -2.26. The Bertz CT molecular complexity index is 791. The van der Waals surface area contributed by atoms with Gasteiger partial charge in [0, 0.05) is 11.5 Å². The van der Waals surface area contributed by atoms with E-state index in [1.165, 1.54) is 12.1 Å². The Morgan fingerprint density at radius 2 is 1.48 bits per heavy atom. The normalized spacial score (nSPS) is 20.0. The van der Waals surface area contributed by atoms with Crippen LogP contribution in [0.3, 0.4) is 0 Å². The molecular weight excluding hydrogens is 353 g/mol. The molecule has 0 radical (unpaired) electrons. The molecule has 1 aliphatic heterocycles. The Hall–Kier alpha value is -2.29. The number of benzene rings is 2. The van der Waals surface area contributed by atoms with E-state index in [0.29, 0.717) is 19.1 Å². The molecule has 5 heteroatoms. The molecule has 3 rings (SSSR count). The molecular formula is C22H21F3O2. The van der Waals surface area contributed by atoms with Gasteiger partial charge in [0.15, 0.2) is 0 Å². The van der Waals surface area contributed by atoms with Crippen molar-refractivity contribution in [3.05, 3.63) is 59.7 Å². The molecule has 0 aromatic heterocycles. The SMILES string of the molecule is CCCC1COC(C#Cc2ccc(-c3ccc(C(F)(F)F)cc3)cc2)OC1. The standard InChI is InChI=1S/C22H21F3O2/c1-2-3-17-14-26-21(27-15-17)13-6-16-4-7-18(8-5-16)19-9-11-20(12-10-19)22(23,24)25/h4-5,7-12,17,21H,2-3,14-15H2,1H3. The summed E-state index contributed by atoms with van der Waals surface area (Å²) in [6.07, 6.45) is -2.63. The van der Waals surface area contributed by atoms with Crippen LogP contribution in [0.2, 0.25) is 0 Å². The van der Waals surface area contributed by atoms with Gasteiger partial charge in [-0.05, 0) is 47.7 Å². The molecule has 0 spiro atoms. The van der Waals surface area contributed by atoms with Crippen LogP contribution < -0.4 is 0 Å². The number of ether oxygens (including phenoxy) is 2.